The molecule has 0 bridgehead atoms. The van der Waals surface area contributed by atoms with E-state index in [9.17, 15) is 9.59 Å². The standard InChI is InChI=1S/C17H18BrN5O2/c1-9-6-15-20-10(2)13(11(3)23(15)22-9)4-5-16(24)21-14-7-12(18)8-19-17(14)25/h6-8H,4-5H2,1-3H3,(H,19,25)(H,21,24). The van der Waals surface area contributed by atoms with Gasteiger partial charge in [0.25, 0.3) is 5.56 Å². The Morgan fingerprint density at radius 3 is 2.84 bits per heavy atom. The van der Waals surface area contributed by atoms with E-state index in [-0.39, 0.29) is 23.6 Å². The van der Waals surface area contributed by atoms with E-state index < -0.39 is 0 Å². The second-order valence-corrected chi connectivity index (χ2v) is 6.84. The fourth-order valence-corrected chi connectivity index (χ4v) is 3.15. The maximum atomic E-state index is 12.2. The largest absolute Gasteiger partial charge is 0.326 e. The average molecular weight is 404 g/mol. The molecule has 8 heteroatoms. The molecule has 0 aliphatic carbocycles. The molecule has 3 rings (SSSR count). The molecule has 0 fully saturated rings. The number of nitrogens with zero attached hydrogens (tertiary/aromatic N) is 3. The number of H-pyrrole nitrogens is 1. The summed E-state index contributed by atoms with van der Waals surface area (Å²) in [5.41, 5.74) is 4.46. The highest BCUT2D eigenvalue weighted by Crippen LogP contribution is 2.17. The van der Waals surface area contributed by atoms with Crippen LogP contribution in [0.15, 0.2) is 27.6 Å². The van der Waals surface area contributed by atoms with Gasteiger partial charge in [-0.15, -0.1) is 0 Å². The van der Waals surface area contributed by atoms with Gasteiger partial charge in [-0.05, 0) is 54.8 Å². The Kier molecular flexibility index (Phi) is 4.71. The van der Waals surface area contributed by atoms with Crippen molar-refractivity contribution in [2.45, 2.75) is 33.6 Å². The highest BCUT2D eigenvalue weighted by Gasteiger charge is 2.13. The molecule has 3 aromatic rings. The second kappa shape index (κ2) is 6.79. The van der Waals surface area contributed by atoms with Crippen LogP contribution in [0, 0.1) is 20.8 Å². The van der Waals surface area contributed by atoms with Gasteiger partial charge in [0.15, 0.2) is 5.65 Å². The van der Waals surface area contributed by atoms with E-state index in [0.717, 1.165) is 28.3 Å². The Morgan fingerprint density at radius 1 is 1.32 bits per heavy atom. The molecule has 0 atom stereocenters. The number of carbonyl (C=O) groups is 1. The van der Waals surface area contributed by atoms with Gasteiger partial charge in [-0.3, -0.25) is 9.59 Å². The van der Waals surface area contributed by atoms with Gasteiger partial charge in [-0.1, -0.05) is 0 Å². The van der Waals surface area contributed by atoms with Gasteiger partial charge in [0.05, 0.1) is 5.69 Å². The van der Waals surface area contributed by atoms with E-state index in [0.29, 0.717) is 10.9 Å². The van der Waals surface area contributed by atoms with Gasteiger partial charge in [-0.2, -0.15) is 5.10 Å². The van der Waals surface area contributed by atoms with Crippen LogP contribution in [-0.4, -0.2) is 25.5 Å². The van der Waals surface area contributed by atoms with Crippen molar-refractivity contribution in [3.63, 3.8) is 0 Å². The lowest BCUT2D eigenvalue weighted by Gasteiger charge is -2.11. The first-order valence-electron chi connectivity index (χ1n) is 7.85. The van der Waals surface area contributed by atoms with Gasteiger partial charge in [-0.25, -0.2) is 9.50 Å². The lowest BCUT2D eigenvalue weighted by Crippen LogP contribution is -2.20. The summed E-state index contributed by atoms with van der Waals surface area (Å²) in [7, 11) is 0. The van der Waals surface area contributed by atoms with Gasteiger partial charge in [0, 0.05) is 34.5 Å². The van der Waals surface area contributed by atoms with E-state index in [4.69, 9.17) is 0 Å². The minimum absolute atomic E-state index is 0.223. The fourth-order valence-electron chi connectivity index (χ4n) is 2.80. The third-order valence-corrected chi connectivity index (χ3v) is 4.49. The number of aromatic amines is 1. The number of hydrogen-bond donors (Lipinski definition) is 2. The lowest BCUT2D eigenvalue weighted by atomic mass is 10.1. The topological polar surface area (TPSA) is 92.1 Å². The van der Waals surface area contributed by atoms with E-state index in [2.05, 4.69) is 36.3 Å². The van der Waals surface area contributed by atoms with Crippen molar-refractivity contribution in [2.75, 3.05) is 5.32 Å². The van der Waals surface area contributed by atoms with E-state index in [1.165, 1.54) is 6.20 Å². The molecule has 0 spiro atoms. The summed E-state index contributed by atoms with van der Waals surface area (Å²) in [6.45, 7) is 5.83. The first-order chi connectivity index (χ1) is 11.8. The second-order valence-electron chi connectivity index (χ2n) is 5.93. The SMILES string of the molecule is Cc1cc2nc(C)c(CCC(=O)Nc3cc(Br)c[nH]c3=O)c(C)n2n1. The first-order valence-corrected chi connectivity index (χ1v) is 8.65. The zero-order chi connectivity index (χ0) is 18.1. The number of amides is 1. The maximum Gasteiger partial charge on any atom is 0.271 e. The summed E-state index contributed by atoms with van der Waals surface area (Å²) in [6, 6.07) is 3.50. The molecule has 25 heavy (non-hydrogen) atoms. The van der Waals surface area contributed by atoms with Crippen LogP contribution >= 0.6 is 15.9 Å². The molecule has 0 aliphatic heterocycles. The van der Waals surface area contributed by atoms with Crippen LogP contribution in [0.1, 0.15) is 29.1 Å². The van der Waals surface area contributed by atoms with Crippen LogP contribution in [0.5, 0.6) is 0 Å². The monoisotopic (exact) mass is 403 g/mol. The van der Waals surface area contributed by atoms with Gasteiger partial charge >= 0.3 is 0 Å². The van der Waals surface area contributed by atoms with Crippen molar-refractivity contribution < 1.29 is 4.79 Å². The zero-order valence-corrected chi connectivity index (χ0v) is 15.8. The molecule has 0 saturated heterocycles. The molecule has 0 unspecified atom stereocenters. The van der Waals surface area contributed by atoms with Gasteiger partial charge in [0.2, 0.25) is 5.91 Å². The predicted molar refractivity (Wildman–Crippen MR) is 98.9 cm³/mol. The van der Waals surface area contributed by atoms with E-state index in [1.807, 2.05) is 26.8 Å². The number of nitrogens with one attached hydrogen (secondary N) is 2. The van der Waals surface area contributed by atoms with Crippen molar-refractivity contribution >= 4 is 33.2 Å². The fraction of sp³-hybridized carbons (Fsp3) is 0.294. The van der Waals surface area contributed by atoms with Crippen molar-refractivity contribution in [2.24, 2.45) is 0 Å². The van der Waals surface area contributed by atoms with Crippen LogP contribution in [0.2, 0.25) is 0 Å². The van der Waals surface area contributed by atoms with Crippen molar-refractivity contribution in [1.29, 1.82) is 0 Å². The highest BCUT2D eigenvalue weighted by molar-refractivity contribution is 9.10. The normalized spacial score (nSPS) is 11.0. The summed E-state index contributed by atoms with van der Waals surface area (Å²) >= 11 is 3.27. The lowest BCUT2D eigenvalue weighted by molar-refractivity contribution is -0.116. The number of aromatic nitrogens is 4. The third-order valence-electron chi connectivity index (χ3n) is 4.03. The maximum absolute atomic E-state index is 12.2. The van der Waals surface area contributed by atoms with Crippen LogP contribution < -0.4 is 10.9 Å². The molecule has 130 valence electrons. The van der Waals surface area contributed by atoms with Crippen molar-refractivity contribution in [3.05, 3.63) is 55.8 Å². The predicted octanol–water partition coefficient (Wildman–Crippen LogP) is 2.68. The number of pyridine rings is 1. The Balaban J connectivity index is 1.77. The molecule has 0 aliphatic rings. The summed E-state index contributed by atoms with van der Waals surface area (Å²) < 4.78 is 2.49. The molecule has 2 N–H and O–H groups in total. The quantitative estimate of drug-likeness (QED) is 0.700. The minimum Gasteiger partial charge on any atom is -0.326 e. The molecule has 0 saturated carbocycles. The highest BCUT2D eigenvalue weighted by atomic mass is 79.9. The van der Waals surface area contributed by atoms with Crippen LogP contribution in [-0.2, 0) is 11.2 Å². The summed E-state index contributed by atoms with van der Waals surface area (Å²) in [6.07, 6.45) is 2.30. The number of hydrogen-bond acceptors (Lipinski definition) is 4. The molecular formula is C17H18BrN5O2. The number of rotatable bonds is 4. The molecular weight excluding hydrogens is 386 g/mol. The Morgan fingerprint density at radius 2 is 2.08 bits per heavy atom. The van der Waals surface area contributed by atoms with E-state index >= 15 is 0 Å². The molecule has 3 aromatic heterocycles. The molecule has 0 aromatic carbocycles. The third kappa shape index (κ3) is 3.63. The first kappa shape index (κ1) is 17.3. The van der Waals surface area contributed by atoms with Crippen LogP contribution in [0.25, 0.3) is 5.65 Å². The number of carbonyl (C=O) groups excluding carboxylic acids is 1. The average Bonchev–Trinajstić information content (AvgIpc) is 2.91. The van der Waals surface area contributed by atoms with E-state index in [1.54, 1.807) is 10.6 Å². The van der Waals surface area contributed by atoms with Crippen LogP contribution in [0.4, 0.5) is 5.69 Å². The van der Waals surface area contributed by atoms with Crippen molar-refractivity contribution in [1.82, 2.24) is 19.6 Å². The minimum atomic E-state index is -0.334. The number of fused-ring (bicyclic) bond motifs is 1. The van der Waals surface area contributed by atoms with Gasteiger partial charge in [0.1, 0.15) is 5.69 Å². The number of anilines is 1. The Hall–Kier alpha value is -2.48. The molecule has 3 heterocycles. The number of halogens is 1. The summed E-state index contributed by atoms with van der Waals surface area (Å²) in [5, 5.41) is 7.08. The smallest absolute Gasteiger partial charge is 0.271 e. The zero-order valence-electron chi connectivity index (χ0n) is 14.2. The summed E-state index contributed by atoms with van der Waals surface area (Å²) in [5.74, 6) is -0.223. The Bertz CT molecular complexity index is 1020. The molecule has 1 amide bonds. The molecule has 0 radical (unpaired) electrons. The van der Waals surface area contributed by atoms with Gasteiger partial charge < -0.3 is 10.3 Å². The van der Waals surface area contributed by atoms with Crippen molar-refractivity contribution in [3.8, 4) is 0 Å². The number of aryl methyl sites for hydroxylation is 3. The Labute approximate surface area is 152 Å². The van der Waals surface area contributed by atoms with Crippen LogP contribution in [0.3, 0.4) is 0 Å². The summed E-state index contributed by atoms with van der Waals surface area (Å²) in [4.78, 5) is 31.0. The molecule has 7 nitrogen and oxygen atoms in total.